The molecular formula is C12H13ClF3N. The standard InChI is InChI=1S/C12H13ClF3N/c13-10-5-8(11(7-17)2-1-3-11)4-9(6-10)12(14,15)16/h4-6H,1-3,7,17H2. The molecule has 0 atom stereocenters. The Kier molecular flexibility index (Phi) is 3.12. The minimum Gasteiger partial charge on any atom is -0.330 e. The molecule has 0 saturated heterocycles. The highest BCUT2D eigenvalue weighted by Crippen LogP contribution is 2.45. The molecule has 0 heterocycles. The maximum atomic E-state index is 12.7. The number of hydrogen-bond acceptors (Lipinski definition) is 1. The van der Waals surface area contributed by atoms with Gasteiger partial charge in [-0.2, -0.15) is 13.2 Å². The molecule has 2 N–H and O–H groups in total. The Hall–Kier alpha value is -0.740. The summed E-state index contributed by atoms with van der Waals surface area (Å²) in [7, 11) is 0. The molecule has 0 spiro atoms. The molecule has 1 aliphatic rings. The average Bonchev–Trinajstić information content (AvgIpc) is 2.14. The number of hydrogen-bond donors (Lipinski definition) is 1. The van der Waals surface area contributed by atoms with Crippen molar-refractivity contribution in [3.63, 3.8) is 0 Å². The lowest BCUT2D eigenvalue weighted by atomic mass is 9.64. The fraction of sp³-hybridized carbons (Fsp3) is 0.500. The van der Waals surface area contributed by atoms with Crippen LogP contribution < -0.4 is 5.73 Å². The summed E-state index contributed by atoms with van der Waals surface area (Å²) < 4.78 is 38.0. The van der Waals surface area contributed by atoms with E-state index < -0.39 is 11.7 Å². The van der Waals surface area contributed by atoms with Gasteiger partial charge in [-0.3, -0.25) is 0 Å². The Balaban J connectivity index is 2.45. The summed E-state index contributed by atoms with van der Waals surface area (Å²) in [6.45, 7) is 0.366. The zero-order valence-corrected chi connectivity index (χ0v) is 9.91. The van der Waals surface area contributed by atoms with Gasteiger partial charge in [0.1, 0.15) is 0 Å². The minimum absolute atomic E-state index is 0.120. The van der Waals surface area contributed by atoms with E-state index in [0.29, 0.717) is 12.1 Å². The molecule has 0 radical (unpaired) electrons. The molecule has 1 aliphatic carbocycles. The Morgan fingerprint density at radius 1 is 1.24 bits per heavy atom. The first kappa shape index (κ1) is 12.7. The summed E-state index contributed by atoms with van der Waals surface area (Å²) in [5.41, 5.74) is 5.31. The highest BCUT2D eigenvalue weighted by Gasteiger charge is 2.39. The zero-order chi connectivity index (χ0) is 12.7. The van der Waals surface area contributed by atoms with Crippen molar-refractivity contribution in [3.05, 3.63) is 34.3 Å². The van der Waals surface area contributed by atoms with Crippen LogP contribution in [0.15, 0.2) is 18.2 Å². The van der Waals surface area contributed by atoms with Gasteiger partial charge in [0.25, 0.3) is 0 Å². The molecule has 0 aliphatic heterocycles. The molecule has 0 amide bonds. The van der Waals surface area contributed by atoms with Crippen LogP contribution in [0.3, 0.4) is 0 Å². The monoisotopic (exact) mass is 263 g/mol. The van der Waals surface area contributed by atoms with Crippen molar-refractivity contribution in [2.45, 2.75) is 30.9 Å². The van der Waals surface area contributed by atoms with E-state index in [2.05, 4.69) is 0 Å². The molecule has 0 aromatic heterocycles. The highest BCUT2D eigenvalue weighted by molar-refractivity contribution is 6.30. The second kappa shape index (κ2) is 4.18. The maximum Gasteiger partial charge on any atom is 0.416 e. The molecule has 1 saturated carbocycles. The number of nitrogens with two attached hydrogens (primary N) is 1. The van der Waals surface area contributed by atoms with E-state index in [0.717, 1.165) is 25.3 Å². The van der Waals surface area contributed by atoms with Crippen molar-refractivity contribution < 1.29 is 13.2 Å². The lowest BCUT2D eigenvalue weighted by Gasteiger charge is -2.41. The van der Waals surface area contributed by atoms with E-state index in [4.69, 9.17) is 17.3 Å². The fourth-order valence-corrected chi connectivity index (χ4v) is 2.51. The molecule has 0 bridgehead atoms. The van der Waals surface area contributed by atoms with E-state index in [1.54, 1.807) is 6.07 Å². The van der Waals surface area contributed by atoms with Gasteiger partial charge < -0.3 is 5.73 Å². The molecule has 1 fully saturated rings. The third-order valence-corrected chi connectivity index (χ3v) is 3.76. The van der Waals surface area contributed by atoms with Crippen molar-refractivity contribution >= 4 is 11.6 Å². The maximum absolute atomic E-state index is 12.7. The van der Waals surface area contributed by atoms with Crippen molar-refractivity contribution in [3.8, 4) is 0 Å². The van der Waals surface area contributed by atoms with Crippen LogP contribution >= 0.6 is 11.6 Å². The van der Waals surface area contributed by atoms with Crippen molar-refractivity contribution in [1.29, 1.82) is 0 Å². The van der Waals surface area contributed by atoms with Gasteiger partial charge in [0.2, 0.25) is 0 Å². The second-order valence-corrected chi connectivity index (χ2v) is 5.00. The SMILES string of the molecule is NCC1(c2cc(Cl)cc(C(F)(F)F)c2)CCC1. The number of halogens is 4. The van der Waals surface area contributed by atoms with Crippen molar-refractivity contribution in [2.24, 2.45) is 5.73 Å². The van der Waals surface area contributed by atoms with Gasteiger partial charge in [-0.05, 0) is 36.6 Å². The molecule has 1 aromatic carbocycles. The molecule has 5 heteroatoms. The second-order valence-electron chi connectivity index (χ2n) is 4.56. The van der Waals surface area contributed by atoms with Crippen LogP contribution in [0.1, 0.15) is 30.4 Å². The number of benzene rings is 1. The van der Waals surface area contributed by atoms with Crippen LogP contribution in [0, 0.1) is 0 Å². The molecule has 17 heavy (non-hydrogen) atoms. The fourth-order valence-electron chi connectivity index (χ4n) is 2.27. The lowest BCUT2D eigenvalue weighted by Crippen LogP contribution is -2.41. The van der Waals surface area contributed by atoms with Crippen LogP contribution in [0.2, 0.25) is 5.02 Å². The topological polar surface area (TPSA) is 26.0 Å². The van der Waals surface area contributed by atoms with E-state index >= 15 is 0 Å². The largest absolute Gasteiger partial charge is 0.416 e. The Morgan fingerprint density at radius 2 is 1.88 bits per heavy atom. The number of alkyl halides is 3. The quantitative estimate of drug-likeness (QED) is 0.864. The summed E-state index contributed by atoms with van der Waals surface area (Å²) in [4.78, 5) is 0. The summed E-state index contributed by atoms with van der Waals surface area (Å²) in [5.74, 6) is 0. The predicted molar refractivity (Wildman–Crippen MR) is 61.0 cm³/mol. The van der Waals surface area contributed by atoms with Crippen molar-refractivity contribution in [1.82, 2.24) is 0 Å². The van der Waals surface area contributed by atoms with E-state index in [9.17, 15) is 13.2 Å². The highest BCUT2D eigenvalue weighted by atomic mass is 35.5. The first-order valence-electron chi connectivity index (χ1n) is 5.46. The molecule has 1 aromatic rings. The summed E-state index contributed by atoms with van der Waals surface area (Å²) in [5, 5.41) is 0.120. The Bertz CT molecular complexity index is 419. The number of rotatable bonds is 2. The lowest BCUT2D eigenvalue weighted by molar-refractivity contribution is -0.137. The van der Waals surface area contributed by atoms with Crippen LogP contribution in [0.5, 0.6) is 0 Å². The van der Waals surface area contributed by atoms with Gasteiger partial charge in [-0.1, -0.05) is 18.0 Å². The van der Waals surface area contributed by atoms with E-state index in [-0.39, 0.29) is 10.4 Å². The van der Waals surface area contributed by atoms with Gasteiger partial charge in [0, 0.05) is 17.0 Å². The van der Waals surface area contributed by atoms with Crippen molar-refractivity contribution in [2.75, 3.05) is 6.54 Å². The summed E-state index contributed by atoms with van der Waals surface area (Å²) in [6, 6.07) is 3.73. The van der Waals surface area contributed by atoms with Crippen LogP contribution in [-0.2, 0) is 11.6 Å². The first-order valence-corrected chi connectivity index (χ1v) is 5.83. The molecular weight excluding hydrogens is 251 g/mol. The summed E-state index contributed by atoms with van der Waals surface area (Å²) >= 11 is 5.76. The minimum atomic E-state index is -4.36. The third-order valence-electron chi connectivity index (χ3n) is 3.54. The van der Waals surface area contributed by atoms with E-state index in [1.807, 2.05) is 0 Å². The summed E-state index contributed by atoms with van der Waals surface area (Å²) in [6.07, 6.45) is -1.69. The van der Waals surface area contributed by atoms with Gasteiger partial charge >= 0.3 is 6.18 Å². The van der Waals surface area contributed by atoms with Crippen LogP contribution in [-0.4, -0.2) is 6.54 Å². The zero-order valence-electron chi connectivity index (χ0n) is 9.15. The Labute approximate surface area is 103 Å². The molecule has 1 nitrogen and oxygen atoms in total. The van der Waals surface area contributed by atoms with Gasteiger partial charge in [-0.25, -0.2) is 0 Å². The average molecular weight is 264 g/mol. The molecule has 0 unspecified atom stereocenters. The van der Waals surface area contributed by atoms with Gasteiger partial charge in [0.05, 0.1) is 5.56 Å². The van der Waals surface area contributed by atoms with Gasteiger partial charge in [-0.15, -0.1) is 0 Å². The Morgan fingerprint density at radius 3 is 2.29 bits per heavy atom. The smallest absolute Gasteiger partial charge is 0.330 e. The first-order chi connectivity index (χ1) is 7.87. The molecule has 94 valence electrons. The predicted octanol–water partition coefficient (Wildman–Crippen LogP) is 3.74. The van der Waals surface area contributed by atoms with Gasteiger partial charge in [0.15, 0.2) is 0 Å². The third kappa shape index (κ3) is 2.29. The van der Waals surface area contributed by atoms with Crippen LogP contribution in [0.25, 0.3) is 0 Å². The molecule has 2 rings (SSSR count). The van der Waals surface area contributed by atoms with Crippen LogP contribution in [0.4, 0.5) is 13.2 Å². The van der Waals surface area contributed by atoms with E-state index in [1.165, 1.54) is 6.07 Å². The normalized spacial score (nSPS) is 18.9.